The van der Waals surface area contributed by atoms with E-state index in [0.29, 0.717) is 0 Å². The minimum Gasteiger partial charge on any atom is -0.319 e. The summed E-state index contributed by atoms with van der Waals surface area (Å²) in [5.41, 5.74) is 0.524. The molecular formula is C12H22N2O. The Morgan fingerprint density at radius 2 is 2.07 bits per heavy atom. The van der Waals surface area contributed by atoms with Crippen LogP contribution in [0.2, 0.25) is 0 Å². The van der Waals surface area contributed by atoms with Gasteiger partial charge in [-0.1, -0.05) is 20.8 Å². The molecule has 1 aliphatic carbocycles. The number of hydrogen-bond donors (Lipinski definition) is 1. The molecule has 15 heavy (non-hydrogen) atoms. The van der Waals surface area contributed by atoms with E-state index in [2.05, 4.69) is 31.1 Å². The van der Waals surface area contributed by atoms with Gasteiger partial charge in [0.1, 0.15) is 0 Å². The van der Waals surface area contributed by atoms with Crippen LogP contribution in [0.3, 0.4) is 0 Å². The van der Waals surface area contributed by atoms with E-state index in [9.17, 15) is 4.79 Å². The molecule has 0 heterocycles. The molecule has 1 N–H and O–H groups in total. The second-order valence-electron chi connectivity index (χ2n) is 5.96. The third-order valence-electron chi connectivity index (χ3n) is 3.26. The summed E-state index contributed by atoms with van der Waals surface area (Å²) in [4.78, 5) is 14.3. The zero-order valence-corrected chi connectivity index (χ0v) is 10.3. The molecule has 1 rings (SSSR count). The molecule has 0 amide bonds. The average Bonchev–Trinajstić information content (AvgIpc) is 1.99. The molecule has 0 aromatic carbocycles. The highest BCUT2D eigenvalue weighted by Crippen LogP contribution is 2.46. The van der Waals surface area contributed by atoms with Crippen LogP contribution in [0.5, 0.6) is 0 Å². The van der Waals surface area contributed by atoms with Crippen LogP contribution in [0.25, 0.3) is 0 Å². The maximum absolute atomic E-state index is 10.3. The highest BCUT2D eigenvalue weighted by Gasteiger charge is 2.40. The van der Waals surface area contributed by atoms with Gasteiger partial charge in [-0.25, -0.2) is 9.79 Å². The number of rotatable bonds is 3. The van der Waals surface area contributed by atoms with Crippen LogP contribution >= 0.6 is 0 Å². The van der Waals surface area contributed by atoms with Gasteiger partial charge in [-0.05, 0) is 37.1 Å². The summed E-state index contributed by atoms with van der Waals surface area (Å²) in [7, 11) is 1.98. The molecule has 2 atom stereocenters. The fraction of sp³-hybridized carbons (Fsp3) is 0.917. The van der Waals surface area contributed by atoms with Crippen molar-refractivity contribution < 1.29 is 4.79 Å². The lowest BCUT2D eigenvalue weighted by molar-refractivity contribution is 0.0852. The van der Waals surface area contributed by atoms with E-state index in [-0.39, 0.29) is 16.9 Å². The molecule has 0 aromatic heterocycles. The van der Waals surface area contributed by atoms with Crippen LogP contribution in [0, 0.1) is 10.8 Å². The largest absolute Gasteiger partial charge is 0.319 e. The van der Waals surface area contributed by atoms with Crippen molar-refractivity contribution in [1.29, 1.82) is 0 Å². The van der Waals surface area contributed by atoms with Gasteiger partial charge >= 0.3 is 0 Å². The van der Waals surface area contributed by atoms with E-state index in [1.165, 1.54) is 6.42 Å². The van der Waals surface area contributed by atoms with Gasteiger partial charge in [-0.3, -0.25) is 0 Å². The Kier molecular flexibility index (Phi) is 3.69. The first-order chi connectivity index (χ1) is 6.91. The molecule has 1 aliphatic rings. The van der Waals surface area contributed by atoms with Crippen molar-refractivity contribution in [2.45, 2.75) is 46.1 Å². The molecule has 0 radical (unpaired) electrons. The minimum atomic E-state index is 0.157. The van der Waals surface area contributed by atoms with Crippen molar-refractivity contribution in [3.63, 3.8) is 0 Å². The summed E-state index contributed by atoms with van der Waals surface area (Å²) in [5.74, 6) is 0. The van der Waals surface area contributed by atoms with Crippen LogP contribution in [0.1, 0.15) is 40.0 Å². The van der Waals surface area contributed by atoms with E-state index < -0.39 is 0 Å². The van der Waals surface area contributed by atoms with Crippen molar-refractivity contribution in [1.82, 2.24) is 5.32 Å². The molecule has 0 bridgehead atoms. The fourth-order valence-electron chi connectivity index (χ4n) is 3.31. The maximum atomic E-state index is 10.3. The minimum absolute atomic E-state index is 0.157. The molecule has 0 spiro atoms. The van der Waals surface area contributed by atoms with Crippen LogP contribution in [-0.2, 0) is 4.79 Å². The summed E-state index contributed by atoms with van der Waals surface area (Å²) >= 11 is 0. The Labute approximate surface area is 92.4 Å². The first kappa shape index (κ1) is 12.4. The van der Waals surface area contributed by atoms with Gasteiger partial charge < -0.3 is 5.32 Å². The molecule has 3 heteroatoms. The first-order valence-corrected chi connectivity index (χ1v) is 5.62. The highest BCUT2D eigenvalue weighted by atomic mass is 16.1. The van der Waals surface area contributed by atoms with Crippen molar-refractivity contribution in [2.75, 3.05) is 13.6 Å². The van der Waals surface area contributed by atoms with Gasteiger partial charge in [-0.2, -0.15) is 0 Å². The summed E-state index contributed by atoms with van der Waals surface area (Å²) in [5, 5.41) is 3.24. The van der Waals surface area contributed by atoms with Gasteiger partial charge in [0.2, 0.25) is 6.08 Å². The molecular weight excluding hydrogens is 188 g/mol. The van der Waals surface area contributed by atoms with E-state index >= 15 is 0 Å². The number of nitrogens with zero attached hydrogens (tertiary/aromatic N) is 1. The van der Waals surface area contributed by atoms with Gasteiger partial charge in [-0.15, -0.1) is 0 Å². The maximum Gasteiger partial charge on any atom is 0.235 e. The number of hydrogen-bond acceptors (Lipinski definition) is 3. The zero-order chi connectivity index (χ0) is 11.5. The SMILES string of the molecule is CNC[C@]1(C)C[C@H](N=C=O)CC(C)(C)C1. The van der Waals surface area contributed by atoms with E-state index in [1.807, 2.05) is 7.05 Å². The molecule has 0 unspecified atom stereocenters. The molecule has 0 saturated heterocycles. The predicted molar refractivity (Wildman–Crippen MR) is 61.6 cm³/mol. The van der Waals surface area contributed by atoms with E-state index in [4.69, 9.17) is 0 Å². The highest BCUT2D eigenvalue weighted by molar-refractivity contribution is 5.33. The predicted octanol–water partition coefficient (Wildman–Crippen LogP) is 2.13. The zero-order valence-electron chi connectivity index (χ0n) is 10.3. The quantitative estimate of drug-likeness (QED) is 0.572. The van der Waals surface area contributed by atoms with Crippen molar-refractivity contribution >= 4 is 6.08 Å². The van der Waals surface area contributed by atoms with Crippen molar-refractivity contribution in [3.05, 3.63) is 0 Å². The van der Waals surface area contributed by atoms with Crippen LogP contribution in [0.4, 0.5) is 0 Å². The Hall–Kier alpha value is -0.660. The monoisotopic (exact) mass is 210 g/mol. The van der Waals surface area contributed by atoms with Gasteiger partial charge in [0.15, 0.2) is 0 Å². The lowest BCUT2D eigenvalue weighted by Gasteiger charge is -2.45. The van der Waals surface area contributed by atoms with E-state index in [1.54, 1.807) is 6.08 Å². The number of isocyanates is 1. The molecule has 0 aliphatic heterocycles. The molecule has 1 saturated carbocycles. The van der Waals surface area contributed by atoms with Crippen molar-refractivity contribution in [2.24, 2.45) is 15.8 Å². The third kappa shape index (κ3) is 3.44. The van der Waals surface area contributed by atoms with Crippen LogP contribution in [-0.4, -0.2) is 25.7 Å². The standard InChI is InChI=1S/C12H22N2O/c1-11(2)5-10(14-9-15)6-12(3,7-11)8-13-4/h10,13H,5-8H2,1-4H3/t10-,12-/m1/s1. The second-order valence-corrected chi connectivity index (χ2v) is 5.96. The van der Waals surface area contributed by atoms with Crippen LogP contribution in [0.15, 0.2) is 4.99 Å². The number of nitrogens with one attached hydrogen (secondary N) is 1. The Balaban J connectivity index is 2.79. The first-order valence-electron chi connectivity index (χ1n) is 5.62. The Bertz CT molecular complexity index is 269. The van der Waals surface area contributed by atoms with E-state index in [0.717, 1.165) is 19.4 Å². The van der Waals surface area contributed by atoms with Gasteiger partial charge in [0.25, 0.3) is 0 Å². The Morgan fingerprint density at radius 3 is 2.60 bits per heavy atom. The smallest absolute Gasteiger partial charge is 0.235 e. The van der Waals surface area contributed by atoms with Gasteiger partial charge in [0, 0.05) is 6.54 Å². The third-order valence-corrected chi connectivity index (χ3v) is 3.26. The average molecular weight is 210 g/mol. The summed E-state index contributed by atoms with van der Waals surface area (Å²) in [6.45, 7) is 7.78. The molecule has 3 nitrogen and oxygen atoms in total. The lowest BCUT2D eigenvalue weighted by Crippen LogP contribution is -2.42. The summed E-state index contributed by atoms with van der Waals surface area (Å²) in [6, 6.07) is 0.157. The molecule has 1 fully saturated rings. The normalized spacial score (nSPS) is 34.5. The molecule has 86 valence electrons. The lowest BCUT2D eigenvalue weighted by atomic mass is 9.63. The van der Waals surface area contributed by atoms with Crippen molar-refractivity contribution in [3.8, 4) is 0 Å². The summed E-state index contributed by atoms with van der Waals surface area (Å²) < 4.78 is 0. The molecule has 0 aromatic rings. The Morgan fingerprint density at radius 1 is 1.40 bits per heavy atom. The fourth-order valence-corrected chi connectivity index (χ4v) is 3.31. The topological polar surface area (TPSA) is 41.5 Å². The van der Waals surface area contributed by atoms with Gasteiger partial charge in [0.05, 0.1) is 6.04 Å². The second kappa shape index (κ2) is 4.46. The summed E-state index contributed by atoms with van der Waals surface area (Å²) in [6.07, 6.45) is 4.89. The number of carbonyl (C=O) groups excluding carboxylic acids is 1. The van der Waals surface area contributed by atoms with Crippen LogP contribution < -0.4 is 5.32 Å². The number of aliphatic imine (C=N–C) groups is 1.